The summed E-state index contributed by atoms with van der Waals surface area (Å²) in [7, 11) is 3.74. The van der Waals surface area contributed by atoms with Crippen LogP contribution in [0.1, 0.15) is 26.2 Å². The fourth-order valence-corrected chi connectivity index (χ4v) is 2.40. The summed E-state index contributed by atoms with van der Waals surface area (Å²) in [6.07, 6.45) is 3.05. The number of ether oxygens (including phenoxy) is 1. The summed E-state index contributed by atoms with van der Waals surface area (Å²) in [5, 5.41) is 6.44. The number of piperidine rings is 1. The summed E-state index contributed by atoms with van der Waals surface area (Å²) in [5.41, 5.74) is 0. The zero-order valence-corrected chi connectivity index (χ0v) is 12.6. The fourth-order valence-electron chi connectivity index (χ4n) is 2.40. The van der Waals surface area contributed by atoms with Gasteiger partial charge in [0.2, 0.25) is 5.91 Å². The molecule has 0 aliphatic carbocycles. The van der Waals surface area contributed by atoms with E-state index in [1.54, 1.807) is 7.11 Å². The van der Waals surface area contributed by atoms with E-state index in [1.165, 1.54) is 12.8 Å². The predicted octanol–water partition coefficient (Wildman–Crippen LogP) is 0.459. The molecule has 1 aliphatic rings. The molecule has 1 amide bonds. The third-order valence-electron chi connectivity index (χ3n) is 3.83. The molecule has 5 heteroatoms. The summed E-state index contributed by atoms with van der Waals surface area (Å²) in [6, 6.07) is 0.347. The second-order valence-corrected chi connectivity index (χ2v) is 5.53. The molecular formula is C14H29N3O2. The maximum absolute atomic E-state index is 11.9. The van der Waals surface area contributed by atoms with Crippen molar-refractivity contribution in [1.29, 1.82) is 0 Å². The van der Waals surface area contributed by atoms with E-state index < -0.39 is 0 Å². The Kier molecular flexibility index (Phi) is 8.02. The van der Waals surface area contributed by atoms with Gasteiger partial charge in [-0.05, 0) is 32.4 Å². The molecule has 0 aromatic carbocycles. The Hall–Kier alpha value is -0.650. The fraction of sp³-hybridized carbons (Fsp3) is 0.929. The second kappa shape index (κ2) is 9.28. The molecule has 0 radical (unpaired) electrons. The first kappa shape index (κ1) is 16.4. The van der Waals surface area contributed by atoms with E-state index in [9.17, 15) is 4.79 Å². The number of nitrogens with one attached hydrogen (secondary N) is 2. The maximum Gasteiger partial charge on any atom is 0.221 e. The highest BCUT2D eigenvalue weighted by atomic mass is 16.5. The Morgan fingerprint density at radius 3 is 2.95 bits per heavy atom. The van der Waals surface area contributed by atoms with Crippen LogP contribution in [-0.2, 0) is 9.53 Å². The third kappa shape index (κ3) is 6.89. The Balaban J connectivity index is 2.10. The second-order valence-electron chi connectivity index (χ2n) is 5.53. The molecular weight excluding hydrogens is 242 g/mol. The summed E-state index contributed by atoms with van der Waals surface area (Å²) in [5.74, 6) is 0.760. The van der Waals surface area contributed by atoms with E-state index >= 15 is 0 Å². The molecule has 0 aromatic rings. The number of methoxy groups -OCH3 is 1. The van der Waals surface area contributed by atoms with Crippen molar-refractivity contribution in [2.75, 3.05) is 46.9 Å². The minimum Gasteiger partial charge on any atom is -0.383 e. The average Bonchev–Trinajstić information content (AvgIpc) is 2.39. The molecule has 5 nitrogen and oxygen atoms in total. The lowest BCUT2D eigenvalue weighted by Crippen LogP contribution is -2.44. The smallest absolute Gasteiger partial charge is 0.221 e. The highest BCUT2D eigenvalue weighted by Crippen LogP contribution is 2.17. The molecule has 1 aliphatic heterocycles. The maximum atomic E-state index is 11.9. The number of nitrogens with zero attached hydrogens (tertiary/aromatic N) is 1. The predicted molar refractivity (Wildman–Crippen MR) is 77.2 cm³/mol. The van der Waals surface area contributed by atoms with Crippen molar-refractivity contribution >= 4 is 5.91 Å². The first-order valence-electron chi connectivity index (χ1n) is 7.31. The summed E-state index contributed by atoms with van der Waals surface area (Å²) >= 11 is 0. The molecule has 2 N–H and O–H groups in total. The van der Waals surface area contributed by atoms with Crippen LogP contribution in [0.2, 0.25) is 0 Å². The van der Waals surface area contributed by atoms with Gasteiger partial charge in [-0.15, -0.1) is 0 Å². The van der Waals surface area contributed by atoms with Gasteiger partial charge in [0, 0.05) is 39.2 Å². The first-order valence-corrected chi connectivity index (χ1v) is 7.31. The van der Waals surface area contributed by atoms with Gasteiger partial charge in [-0.3, -0.25) is 4.79 Å². The van der Waals surface area contributed by atoms with Crippen LogP contribution in [0.25, 0.3) is 0 Å². The molecule has 1 heterocycles. The molecule has 0 aromatic heterocycles. The van der Waals surface area contributed by atoms with Crippen LogP contribution in [-0.4, -0.2) is 63.8 Å². The highest BCUT2D eigenvalue weighted by molar-refractivity contribution is 5.76. The number of carbonyl (C=O) groups excluding carboxylic acids is 1. The van der Waals surface area contributed by atoms with Crippen molar-refractivity contribution < 1.29 is 9.53 Å². The van der Waals surface area contributed by atoms with Gasteiger partial charge in [0.15, 0.2) is 0 Å². The number of hydrogen-bond donors (Lipinski definition) is 2. The van der Waals surface area contributed by atoms with E-state index in [-0.39, 0.29) is 5.91 Å². The van der Waals surface area contributed by atoms with E-state index in [0.29, 0.717) is 24.9 Å². The average molecular weight is 271 g/mol. The Labute approximate surface area is 117 Å². The Morgan fingerprint density at radius 1 is 1.47 bits per heavy atom. The molecule has 1 fully saturated rings. The van der Waals surface area contributed by atoms with Crippen molar-refractivity contribution in [3.05, 3.63) is 0 Å². The lowest BCUT2D eigenvalue weighted by atomic mass is 9.90. The molecule has 1 rings (SSSR count). The van der Waals surface area contributed by atoms with Crippen LogP contribution < -0.4 is 10.6 Å². The van der Waals surface area contributed by atoms with Gasteiger partial charge in [0.05, 0.1) is 6.61 Å². The SMILES string of the molecule is COCCN(C)CCNC(=O)CC1NCCCC1C. The molecule has 2 atom stereocenters. The normalized spacial score (nSPS) is 23.6. The van der Waals surface area contributed by atoms with E-state index in [2.05, 4.69) is 22.5 Å². The molecule has 19 heavy (non-hydrogen) atoms. The molecule has 0 saturated carbocycles. The monoisotopic (exact) mass is 271 g/mol. The number of rotatable bonds is 8. The number of hydrogen-bond acceptors (Lipinski definition) is 4. The molecule has 1 saturated heterocycles. The van der Waals surface area contributed by atoms with Gasteiger partial charge in [-0.2, -0.15) is 0 Å². The van der Waals surface area contributed by atoms with Crippen LogP contribution in [0.4, 0.5) is 0 Å². The summed E-state index contributed by atoms with van der Waals surface area (Å²) in [4.78, 5) is 14.0. The van der Waals surface area contributed by atoms with E-state index in [1.807, 2.05) is 7.05 Å². The van der Waals surface area contributed by atoms with Gasteiger partial charge >= 0.3 is 0 Å². The van der Waals surface area contributed by atoms with Gasteiger partial charge in [-0.1, -0.05) is 6.92 Å². The Bertz CT molecular complexity index is 261. The van der Waals surface area contributed by atoms with Crippen molar-refractivity contribution in [3.63, 3.8) is 0 Å². The minimum absolute atomic E-state index is 0.159. The molecule has 0 bridgehead atoms. The van der Waals surface area contributed by atoms with Crippen molar-refractivity contribution in [2.45, 2.75) is 32.2 Å². The van der Waals surface area contributed by atoms with Crippen LogP contribution in [0.3, 0.4) is 0 Å². The topological polar surface area (TPSA) is 53.6 Å². The van der Waals surface area contributed by atoms with Crippen LogP contribution in [0, 0.1) is 5.92 Å². The largest absolute Gasteiger partial charge is 0.383 e. The number of likely N-dealkylation sites (N-methyl/N-ethyl adjacent to an activating group) is 1. The summed E-state index contributed by atoms with van der Waals surface area (Å²) in [6.45, 7) is 6.47. The van der Waals surface area contributed by atoms with Gasteiger partial charge in [0.1, 0.15) is 0 Å². The highest BCUT2D eigenvalue weighted by Gasteiger charge is 2.22. The standard InChI is InChI=1S/C14H29N3O2/c1-12-5-4-6-15-13(12)11-14(18)16-7-8-17(2)9-10-19-3/h12-13,15H,4-11H2,1-3H3,(H,16,18). The van der Waals surface area contributed by atoms with Gasteiger partial charge < -0.3 is 20.3 Å². The van der Waals surface area contributed by atoms with Gasteiger partial charge in [0.25, 0.3) is 0 Å². The molecule has 0 spiro atoms. The zero-order valence-electron chi connectivity index (χ0n) is 12.6. The van der Waals surface area contributed by atoms with Crippen LogP contribution in [0.5, 0.6) is 0 Å². The third-order valence-corrected chi connectivity index (χ3v) is 3.83. The van der Waals surface area contributed by atoms with Crippen molar-refractivity contribution in [2.24, 2.45) is 5.92 Å². The van der Waals surface area contributed by atoms with E-state index in [0.717, 1.165) is 26.2 Å². The number of amides is 1. The molecule has 2 unspecified atom stereocenters. The lowest BCUT2D eigenvalue weighted by molar-refractivity contribution is -0.122. The van der Waals surface area contributed by atoms with Crippen molar-refractivity contribution in [3.8, 4) is 0 Å². The van der Waals surface area contributed by atoms with Crippen LogP contribution >= 0.6 is 0 Å². The Morgan fingerprint density at radius 2 is 2.26 bits per heavy atom. The number of carbonyl (C=O) groups is 1. The minimum atomic E-state index is 0.159. The first-order chi connectivity index (χ1) is 9.13. The van der Waals surface area contributed by atoms with Crippen molar-refractivity contribution in [1.82, 2.24) is 15.5 Å². The molecule has 112 valence electrons. The lowest BCUT2D eigenvalue weighted by Gasteiger charge is -2.29. The van der Waals surface area contributed by atoms with E-state index in [4.69, 9.17) is 4.74 Å². The quantitative estimate of drug-likeness (QED) is 0.673. The zero-order chi connectivity index (χ0) is 14.1. The summed E-state index contributed by atoms with van der Waals surface area (Å²) < 4.78 is 5.01. The van der Waals surface area contributed by atoms with Gasteiger partial charge in [-0.25, -0.2) is 0 Å². The van der Waals surface area contributed by atoms with Crippen LogP contribution in [0.15, 0.2) is 0 Å².